The number of hydrogen-bond donors (Lipinski definition) is 1. The van der Waals surface area contributed by atoms with Crippen LogP contribution in [0.1, 0.15) is 34.6 Å². The summed E-state index contributed by atoms with van der Waals surface area (Å²) >= 11 is 0. The molecule has 1 N–H and O–H groups in total. The fraction of sp³-hybridized carbons (Fsp3) is 1.00. The molecule has 1 fully saturated rings. The van der Waals surface area contributed by atoms with E-state index in [0.29, 0.717) is 0 Å². The molecule has 90 valence electrons. The lowest BCUT2D eigenvalue weighted by Crippen LogP contribution is -2.54. The fourth-order valence-electron chi connectivity index (χ4n) is 2.29. The number of alkyl halides is 2. The third kappa shape index (κ3) is 1.34. The smallest absolute Gasteiger partial charge is 0.269 e. The van der Waals surface area contributed by atoms with Gasteiger partial charge in [-0.25, -0.2) is 8.78 Å². The Kier molecular flexibility index (Phi) is 2.90. The minimum atomic E-state index is -2.68. The SMILES string of the molecule is C[C@@H]1O[C@@](CO)(C(F)F)C(C)(C)C1(C)C. The molecule has 0 radical (unpaired) electrons. The van der Waals surface area contributed by atoms with Gasteiger partial charge in [0.1, 0.15) is 0 Å². The van der Waals surface area contributed by atoms with Gasteiger partial charge in [0.25, 0.3) is 6.43 Å². The van der Waals surface area contributed by atoms with Crippen LogP contribution in [0.15, 0.2) is 0 Å². The number of aliphatic hydroxyl groups is 1. The molecule has 2 atom stereocenters. The van der Waals surface area contributed by atoms with Crippen molar-refractivity contribution in [3.8, 4) is 0 Å². The van der Waals surface area contributed by atoms with Crippen molar-refractivity contribution in [1.82, 2.24) is 0 Å². The zero-order valence-electron chi connectivity index (χ0n) is 9.97. The minimum Gasteiger partial charge on any atom is -0.393 e. The van der Waals surface area contributed by atoms with Crippen molar-refractivity contribution >= 4 is 0 Å². The second-order valence-electron chi connectivity index (χ2n) is 5.46. The summed E-state index contributed by atoms with van der Waals surface area (Å²) in [6, 6.07) is 0. The van der Waals surface area contributed by atoms with Crippen molar-refractivity contribution < 1.29 is 18.6 Å². The molecule has 4 heteroatoms. The maximum Gasteiger partial charge on any atom is 0.269 e. The first-order valence-corrected chi connectivity index (χ1v) is 5.20. The number of halogens is 2. The second-order valence-corrected chi connectivity index (χ2v) is 5.46. The molecule has 15 heavy (non-hydrogen) atoms. The number of ether oxygens (including phenoxy) is 1. The van der Waals surface area contributed by atoms with Crippen molar-refractivity contribution in [3.05, 3.63) is 0 Å². The molecule has 0 saturated carbocycles. The third-order valence-corrected chi connectivity index (χ3v) is 4.66. The topological polar surface area (TPSA) is 29.5 Å². The van der Waals surface area contributed by atoms with E-state index in [-0.39, 0.29) is 6.10 Å². The Morgan fingerprint density at radius 3 is 1.87 bits per heavy atom. The van der Waals surface area contributed by atoms with Gasteiger partial charge in [0.2, 0.25) is 0 Å². The van der Waals surface area contributed by atoms with E-state index in [1.165, 1.54) is 0 Å². The molecule has 0 bridgehead atoms. The molecule has 2 nitrogen and oxygen atoms in total. The summed E-state index contributed by atoms with van der Waals surface area (Å²) in [5.41, 5.74) is -2.91. The van der Waals surface area contributed by atoms with E-state index in [1.54, 1.807) is 20.8 Å². The summed E-state index contributed by atoms with van der Waals surface area (Å²) in [7, 11) is 0. The summed E-state index contributed by atoms with van der Waals surface area (Å²) in [4.78, 5) is 0. The standard InChI is InChI=1S/C11H20F2O2/c1-7-9(2,3)10(4,5)11(6-14,15-7)8(12)13/h7-8,14H,6H2,1-5H3/t7-,11-/m0/s1. The van der Waals surface area contributed by atoms with Crippen LogP contribution in [0.2, 0.25) is 0 Å². The monoisotopic (exact) mass is 222 g/mol. The van der Waals surface area contributed by atoms with Gasteiger partial charge < -0.3 is 9.84 Å². The minimum absolute atomic E-state index is 0.298. The van der Waals surface area contributed by atoms with Crippen molar-refractivity contribution in [2.45, 2.75) is 52.7 Å². The Morgan fingerprint density at radius 2 is 1.73 bits per heavy atom. The number of hydrogen-bond acceptors (Lipinski definition) is 2. The predicted octanol–water partition coefficient (Wildman–Crippen LogP) is 2.45. The van der Waals surface area contributed by atoms with Crippen LogP contribution in [0.4, 0.5) is 8.78 Å². The Labute approximate surface area is 89.6 Å². The molecule has 0 amide bonds. The molecule has 1 rings (SSSR count). The zero-order chi connectivity index (χ0) is 12.1. The van der Waals surface area contributed by atoms with E-state index in [9.17, 15) is 13.9 Å². The lowest BCUT2D eigenvalue weighted by atomic mass is 9.60. The van der Waals surface area contributed by atoms with Crippen molar-refractivity contribution in [2.24, 2.45) is 10.8 Å². The van der Waals surface area contributed by atoms with E-state index >= 15 is 0 Å². The van der Waals surface area contributed by atoms with Gasteiger partial charge in [-0.15, -0.1) is 0 Å². The Balaban J connectivity index is 3.24. The molecule has 0 aromatic rings. The summed E-state index contributed by atoms with van der Waals surface area (Å²) < 4.78 is 31.6. The average molecular weight is 222 g/mol. The maximum atomic E-state index is 13.1. The molecule has 1 heterocycles. The first kappa shape index (κ1) is 12.8. The van der Waals surface area contributed by atoms with Crippen LogP contribution < -0.4 is 0 Å². The highest BCUT2D eigenvalue weighted by Crippen LogP contribution is 2.59. The molecular weight excluding hydrogens is 202 g/mol. The van der Waals surface area contributed by atoms with Crippen LogP contribution in [-0.4, -0.2) is 29.8 Å². The highest BCUT2D eigenvalue weighted by molar-refractivity contribution is 5.11. The van der Waals surface area contributed by atoms with Gasteiger partial charge >= 0.3 is 0 Å². The van der Waals surface area contributed by atoms with Crippen LogP contribution in [0.5, 0.6) is 0 Å². The van der Waals surface area contributed by atoms with Gasteiger partial charge in [-0.05, 0) is 12.3 Å². The number of rotatable bonds is 2. The zero-order valence-corrected chi connectivity index (χ0v) is 9.97. The molecule has 0 aliphatic carbocycles. The lowest BCUT2D eigenvalue weighted by molar-refractivity contribution is -0.186. The Bertz CT molecular complexity index is 251. The van der Waals surface area contributed by atoms with Crippen LogP contribution in [0, 0.1) is 10.8 Å². The summed E-state index contributed by atoms with van der Waals surface area (Å²) in [6.07, 6.45) is -2.98. The fourth-order valence-corrected chi connectivity index (χ4v) is 2.29. The molecule has 0 unspecified atom stereocenters. The summed E-state index contributed by atoms with van der Waals surface area (Å²) in [6.45, 7) is 8.40. The van der Waals surface area contributed by atoms with Gasteiger partial charge in [-0.3, -0.25) is 0 Å². The van der Waals surface area contributed by atoms with E-state index in [0.717, 1.165) is 0 Å². The first-order chi connectivity index (χ1) is 6.63. The van der Waals surface area contributed by atoms with Gasteiger partial charge in [0.05, 0.1) is 12.7 Å². The molecule has 1 aliphatic rings. The quantitative estimate of drug-likeness (QED) is 0.777. The van der Waals surface area contributed by atoms with Gasteiger partial charge in [-0.2, -0.15) is 0 Å². The van der Waals surface area contributed by atoms with Gasteiger partial charge in [-0.1, -0.05) is 27.7 Å². The molecule has 0 aromatic heterocycles. The van der Waals surface area contributed by atoms with Gasteiger partial charge in [0.15, 0.2) is 5.60 Å². The third-order valence-electron chi connectivity index (χ3n) is 4.66. The Morgan fingerprint density at radius 1 is 1.27 bits per heavy atom. The molecular formula is C11H20F2O2. The summed E-state index contributed by atoms with van der Waals surface area (Å²) in [5, 5.41) is 9.27. The van der Waals surface area contributed by atoms with Crippen LogP contribution in [-0.2, 0) is 4.74 Å². The average Bonchev–Trinajstić information content (AvgIpc) is 2.24. The van der Waals surface area contributed by atoms with Gasteiger partial charge in [0, 0.05) is 5.41 Å². The lowest BCUT2D eigenvalue weighted by Gasteiger charge is -2.44. The van der Waals surface area contributed by atoms with Crippen LogP contribution in [0.25, 0.3) is 0 Å². The summed E-state index contributed by atoms with van der Waals surface area (Å²) in [5.74, 6) is 0. The molecule has 0 aromatic carbocycles. The van der Waals surface area contributed by atoms with E-state index < -0.39 is 29.5 Å². The van der Waals surface area contributed by atoms with Crippen molar-refractivity contribution in [3.63, 3.8) is 0 Å². The highest BCUT2D eigenvalue weighted by Gasteiger charge is 2.67. The molecule has 0 spiro atoms. The van der Waals surface area contributed by atoms with Crippen LogP contribution in [0.3, 0.4) is 0 Å². The number of aliphatic hydroxyl groups excluding tert-OH is 1. The largest absolute Gasteiger partial charge is 0.393 e. The predicted molar refractivity (Wildman–Crippen MR) is 53.9 cm³/mol. The van der Waals surface area contributed by atoms with Crippen molar-refractivity contribution in [2.75, 3.05) is 6.61 Å². The second kappa shape index (κ2) is 3.39. The van der Waals surface area contributed by atoms with Crippen molar-refractivity contribution in [1.29, 1.82) is 0 Å². The first-order valence-electron chi connectivity index (χ1n) is 5.20. The maximum absolute atomic E-state index is 13.1. The van der Waals surface area contributed by atoms with E-state index in [2.05, 4.69) is 0 Å². The normalized spacial score (nSPS) is 38.6. The van der Waals surface area contributed by atoms with E-state index in [4.69, 9.17) is 4.74 Å². The molecule has 1 aliphatic heterocycles. The Hall–Kier alpha value is -0.220. The highest BCUT2D eigenvalue weighted by atomic mass is 19.3. The molecule has 1 saturated heterocycles. The van der Waals surface area contributed by atoms with E-state index in [1.807, 2.05) is 13.8 Å². The van der Waals surface area contributed by atoms with Crippen LogP contribution >= 0.6 is 0 Å².